The van der Waals surface area contributed by atoms with E-state index in [9.17, 15) is 19.6 Å². The van der Waals surface area contributed by atoms with Gasteiger partial charge >= 0.3 is 7.12 Å². The van der Waals surface area contributed by atoms with Crippen LogP contribution in [0.4, 0.5) is 5.69 Å². The van der Waals surface area contributed by atoms with Gasteiger partial charge in [-0.1, -0.05) is 36.4 Å². The summed E-state index contributed by atoms with van der Waals surface area (Å²) in [4.78, 5) is 24.7. The largest absolute Gasteiger partial charge is 0.497 e. The van der Waals surface area contributed by atoms with Crippen LogP contribution in [0.5, 0.6) is 5.75 Å². The minimum Gasteiger partial charge on any atom is -0.497 e. The maximum Gasteiger partial charge on any atom is 0.475 e. The first-order valence-electron chi connectivity index (χ1n) is 8.56. The second kappa shape index (κ2) is 9.75. The third-order valence-corrected chi connectivity index (χ3v) is 4.11. The van der Waals surface area contributed by atoms with Crippen molar-refractivity contribution in [3.05, 3.63) is 60.2 Å². The van der Waals surface area contributed by atoms with Gasteiger partial charge in [-0.3, -0.25) is 9.59 Å². The summed E-state index contributed by atoms with van der Waals surface area (Å²) in [5.74, 6) is -2.47. The molecule has 0 saturated heterocycles. The number of nitrogens with one attached hydrogen (secondary N) is 2. The number of anilines is 1. The molecule has 0 saturated carbocycles. The normalized spacial score (nSPS) is 12.6. The molecule has 2 atom stereocenters. The molecule has 0 spiro atoms. The Morgan fingerprint density at radius 3 is 2.41 bits per heavy atom. The molecule has 1 unspecified atom stereocenters. The summed E-state index contributed by atoms with van der Waals surface area (Å²) in [6, 6.07) is 15.9. The molecule has 0 radical (unpaired) electrons. The highest BCUT2D eigenvalue weighted by Crippen LogP contribution is 2.17. The smallest absolute Gasteiger partial charge is 0.475 e. The van der Waals surface area contributed by atoms with Crippen LogP contribution in [0.2, 0.25) is 0 Å². The van der Waals surface area contributed by atoms with Crippen molar-refractivity contribution < 1.29 is 24.4 Å². The third-order valence-electron chi connectivity index (χ3n) is 4.11. The van der Waals surface area contributed by atoms with E-state index < -0.39 is 30.8 Å². The highest BCUT2D eigenvalue weighted by atomic mass is 16.5. The summed E-state index contributed by atoms with van der Waals surface area (Å²) in [5, 5.41) is 24.3. The summed E-state index contributed by atoms with van der Waals surface area (Å²) < 4.78 is 5.09. The molecule has 142 valence electrons. The quantitative estimate of drug-likeness (QED) is 0.410. The fraction of sp³-hybridized carbons (Fsp3) is 0.263. The Bertz CT molecular complexity index is 770. The van der Waals surface area contributed by atoms with Crippen LogP contribution in [-0.2, 0) is 16.0 Å². The second-order valence-electron chi connectivity index (χ2n) is 6.16. The molecule has 0 aromatic heterocycles. The van der Waals surface area contributed by atoms with E-state index in [0.717, 1.165) is 5.56 Å². The zero-order chi connectivity index (χ0) is 19.8. The number of hydrogen-bond acceptors (Lipinski definition) is 5. The minimum atomic E-state index is -1.75. The van der Waals surface area contributed by atoms with Gasteiger partial charge < -0.3 is 25.4 Å². The Morgan fingerprint density at radius 2 is 1.78 bits per heavy atom. The van der Waals surface area contributed by atoms with Gasteiger partial charge in [-0.2, -0.15) is 0 Å². The molecular formula is C19H23BN2O5. The average Bonchev–Trinajstić information content (AvgIpc) is 2.67. The number of rotatable bonds is 8. The monoisotopic (exact) mass is 370 g/mol. The van der Waals surface area contributed by atoms with Gasteiger partial charge in [-0.05, 0) is 31.0 Å². The van der Waals surface area contributed by atoms with E-state index in [-0.39, 0.29) is 6.42 Å². The van der Waals surface area contributed by atoms with Crippen LogP contribution in [0, 0.1) is 5.92 Å². The molecular weight excluding hydrogens is 347 g/mol. The third kappa shape index (κ3) is 6.12. The highest BCUT2D eigenvalue weighted by Gasteiger charge is 2.29. The van der Waals surface area contributed by atoms with Crippen LogP contribution < -0.4 is 15.4 Å². The molecule has 27 heavy (non-hydrogen) atoms. The van der Waals surface area contributed by atoms with Crippen LogP contribution in [0.1, 0.15) is 12.5 Å². The topological polar surface area (TPSA) is 108 Å². The van der Waals surface area contributed by atoms with E-state index in [1.807, 2.05) is 30.3 Å². The molecule has 0 aliphatic rings. The molecule has 2 rings (SSSR count). The Balaban J connectivity index is 1.98. The van der Waals surface area contributed by atoms with Gasteiger partial charge in [0.05, 0.1) is 13.1 Å². The van der Waals surface area contributed by atoms with E-state index in [1.54, 1.807) is 24.3 Å². The summed E-state index contributed by atoms with van der Waals surface area (Å²) in [5.41, 5.74) is 1.34. The first kappa shape index (κ1) is 20.5. The Kier molecular flexibility index (Phi) is 7.39. The average molecular weight is 370 g/mol. The molecule has 0 aliphatic carbocycles. The lowest BCUT2D eigenvalue weighted by atomic mass is 9.75. The molecule has 0 bridgehead atoms. The van der Waals surface area contributed by atoms with E-state index in [2.05, 4.69) is 10.6 Å². The van der Waals surface area contributed by atoms with Crippen molar-refractivity contribution in [2.45, 2.75) is 19.3 Å². The predicted octanol–water partition coefficient (Wildman–Crippen LogP) is 1.01. The van der Waals surface area contributed by atoms with E-state index in [0.29, 0.717) is 11.4 Å². The first-order chi connectivity index (χ1) is 12.9. The van der Waals surface area contributed by atoms with Gasteiger partial charge in [-0.15, -0.1) is 0 Å². The van der Waals surface area contributed by atoms with Crippen molar-refractivity contribution in [2.75, 3.05) is 12.4 Å². The second-order valence-corrected chi connectivity index (χ2v) is 6.16. The van der Waals surface area contributed by atoms with Crippen molar-refractivity contribution in [1.82, 2.24) is 5.32 Å². The SMILES string of the molecule is COc1cccc(NC(=O)C(C)C(=O)N[C@@H](Cc2ccccc2)B(O)O)c1. The van der Waals surface area contributed by atoms with Crippen LogP contribution in [0.15, 0.2) is 54.6 Å². The maximum absolute atomic E-state index is 12.4. The van der Waals surface area contributed by atoms with Crippen molar-refractivity contribution >= 4 is 24.6 Å². The molecule has 0 aliphatic heterocycles. The van der Waals surface area contributed by atoms with Gasteiger partial charge in [0.25, 0.3) is 0 Å². The van der Waals surface area contributed by atoms with E-state index in [1.165, 1.54) is 14.0 Å². The molecule has 4 N–H and O–H groups in total. The van der Waals surface area contributed by atoms with Crippen LogP contribution >= 0.6 is 0 Å². The van der Waals surface area contributed by atoms with Gasteiger partial charge in [0.2, 0.25) is 11.8 Å². The Hall–Kier alpha value is -2.84. The lowest BCUT2D eigenvalue weighted by Gasteiger charge is -2.20. The zero-order valence-corrected chi connectivity index (χ0v) is 15.3. The van der Waals surface area contributed by atoms with Gasteiger partial charge in [0.15, 0.2) is 0 Å². The van der Waals surface area contributed by atoms with Gasteiger partial charge in [0, 0.05) is 11.8 Å². The highest BCUT2D eigenvalue weighted by molar-refractivity contribution is 6.43. The molecule has 2 amide bonds. The summed E-state index contributed by atoms with van der Waals surface area (Å²) >= 11 is 0. The van der Waals surface area contributed by atoms with Crippen molar-refractivity contribution in [3.63, 3.8) is 0 Å². The van der Waals surface area contributed by atoms with Crippen LogP contribution in [-0.4, -0.2) is 42.0 Å². The van der Waals surface area contributed by atoms with Crippen molar-refractivity contribution in [2.24, 2.45) is 5.92 Å². The minimum absolute atomic E-state index is 0.231. The summed E-state index contributed by atoms with van der Waals surface area (Å²) in [6.07, 6.45) is 0.231. The number of carbonyl (C=O) groups excluding carboxylic acids is 2. The lowest BCUT2D eigenvalue weighted by Crippen LogP contribution is -2.50. The van der Waals surface area contributed by atoms with Crippen LogP contribution in [0.25, 0.3) is 0 Å². The number of ether oxygens (including phenoxy) is 1. The Labute approximate surface area is 158 Å². The van der Waals surface area contributed by atoms with E-state index >= 15 is 0 Å². The van der Waals surface area contributed by atoms with Crippen molar-refractivity contribution in [1.29, 1.82) is 0 Å². The molecule has 2 aromatic rings. The fourth-order valence-corrected chi connectivity index (χ4v) is 2.48. The van der Waals surface area contributed by atoms with Gasteiger partial charge in [0.1, 0.15) is 11.7 Å². The molecule has 7 nitrogen and oxygen atoms in total. The standard InChI is InChI=1S/C19H23BN2O5/c1-13(18(23)21-15-9-6-10-16(12-15)27-2)19(24)22-17(20(25)26)11-14-7-4-3-5-8-14/h3-10,12-13,17,25-26H,11H2,1-2H3,(H,21,23)(H,22,24)/t13?,17-/m0/s1. The zero-order valence-electron chi connectivity index (χ0n) is 15.3. The number of amides is 2. The molecule has 8 heteroatoms. The predicted molar refractivity (Wildman–Crippen MR) is 103 cm³/mol. The number of methoxy groups -OCH3 is 1. The fourth-order valence-electron chi connectivity index (χ4n) is 2.48. The molecule has 0 heterocycles. The summed E-state index contributed by atoms with van der Waals surface area (Å²) in [6.45, 7) is 1.45. The number of carbonyl (C=O) groups is 2. The maximum atomic E-state index is 12.4. The summed E-state index contributed by atoms with van der Waals surface area (Å²) in [7, 11) is -0.229. The van der Waals surface area contributed by atoms with Crippen molar-refractivity contribution in [3.8, 4) is 5.75 Å². The van der Waals surface area contributed by atoms with Crippen LogP contribution in [0.3, 0.4) is 0 Å². The molecule has 0 fully saturated rings. The number of benzene rings is 2. The lowest BCUT2D eigenvalue weighted by molar-refractivity contribution is -0.132. The van der Waals surface area contributed by atoms with Gasteiger partial charge in [-0.25, -0.2) is 0 Å². The van der Waals surface area contributed by atoms with E-state index in [4.69, 9.17) is 4.74 Å². The number of hydrogen-bond donors (Lipinski definition) is 4. The Morgan fingerprint density at radius 1 is 1.07 bits per heavy atom. The first-order valence-corrected chi connectivity index (χ1v) is 8.56. The molecule has 2 aromatic carbocycles.